The number of benzene rings is 4. The molecule has 41 heavy (non-hydrogen) atoms. The van der Waals surface area contributed by atoms with Gasteiger partial charge in [0.2, 0.25) is 0 Å². The largest absolute Gasteiger partial charge is 0.496 e. The summed E-state index contributed by atoms with van der Waals surface area (Å²) in [5, 5.41) is 6.64. The zero-order valence-electron chi connectivity index (χ0n) is 23.3. The number of amides is 3. The first-order valence-corrected chi connectivity index (χ1v) is 13.5. The molecular formula is C32H34N5O4+. The van der Waals surface area contributed by atoms with Crippen LogP contribution in [-0.4, -0.2) is 50.5 Å². The first-order valence-electron chi connectivity index (χ1n) is 13.5. The van der Waals surface area contributed by atoms with Crippen LogP contribution in [0.15, 0.2) is 84.9 Å². The van der Waals surface area contributed by atoms with E-state index in [-0.39, 0.29) is 30.8 Å². The van der Waals surface area contributed by atoms with Crippen molar-refractivity contribution in [3.8, 4) is 5.75 Å². The van der Waals surface area contributed by atoms with E-state index in [1.807, 2.05) is 60.7 Å². The van der Waals surface area contributed by atoms with E-state index in [0.29, 0.717) is 28.4 Å². The number of anilines is 3. The van der Waals surface area contributed by atoms with Crippen LogP contribution >= 0.6 is 0 Å². The van der Waals surface area contributed by atoms with Crippen molar-refractivity contribution >= 4 is 45.6 Å². The maximum Gasteiger partial charge on any atom is 0.278 e. The summed E-state index contributed by atoms with van der Waals surface area (Å²) >= 11 is 0. The van der Waals surface area contributed by atoms with Gasteiger partial charge in [-0.25, -0.2) is 0 Å². The van der Waals surface area contributed by atoms with E-state index in [1.54, 1.807) is 60.5 Å². The minimum absolute atomic E-state index is 0.0373. The van der Waals surface area contributed by atoms with Gasteiger partial charge >= 0.3 is 0 Å². The predicted molar refractivity (Wildman–Crippen MR) is 160 cm³/mol. The van der Waals surface area contributed by atoms with Crippen LogP contribution in [0.5, 0.6) is 5.75 Å². The van der Waals surface area contributed by atoms with E-state index in [0.717, 1.165) is 16.3 Å². The molecule has 0 unspecified atom stereocenters. The first kappa shape index (κ1) is 27.7. The van der Waals surface area contributed by atoms with Gasteiger partial charge in [0.1, 0.15) is 11.8 Å². The van der Waals surface area contributed by atoms with Gasteiger partial charge in [0.25, 0.3) is 17.7 Å². The smallest absolute Gasteiger partial charge is 0.278 e. The van der Waals surface area contributed by atoms with E-state index in [9.17, 15) is 14.4 Å². The molecule has 1 heterocycles. The molecule has 9 heteroatoms. The van der Waals surface area contributed by atoms with E-state index < -0.39 is 12.1 Å². The van der Waals surface area contributed by atoms with Crippen molar-refractivity contribution in [2.75, 3.05) is 36.2 Å². The SMILES string of the molecule is C[NH2+][C@@H](C)C(=O)N[C@H]1CN(C(=O)c2ccc(N)cc2)c2ccccc2N(Cc2c(OC)ccc3ccccc23)C1=O. The Labute approximate surface area is 238 Å². The number of carbonyl (C=O) groups excluding carboxylic acids is 3. The molecule has 0 spiro atoms. The Balaban J connectivity index is 1.65. The molecule has 5 N–H and O–H groups in total. The Morgan fingerprint density at radius 2 is 1.68 bits per heavy atom. The van der Waals surface area contributed by atoms with Gasteiger partial charge in [-0.2, -0.15) is 0 Å². The summed E-state index contributed by atoms with van der Waals surface area (Å²) in [6.45, 7) is 1.90. The molecule has 1 aliphatic rings. The lowest BCUT2D eigenvalue weighted by atomic mass is 10.0. The van der Waals surface area contributed by atoms with Gasteiger partial charge in [-0.3, -0.25) is 14.4 Å². The van der Waals surface area contributed by atoms with Gasteiger partial charge in [0, 0.05) is 16.8 Å². The minimum atomic E-state index is -0.990. The summed E-state index contributed by atoms with van der Waals surface area (Å²) in [4.78, 5) is 44.5. The lowest BCUT2D eigenvalue weighted by Crippen LogP contribution is -2.88. The number of quaternary nitrogens is 1. The van der Waals surface area contributed by atoms with Crippen molar-refractivity contribution in [2.24, 2.45) is 0 Å². The highest BCUT2D eigenvalue weighted by Crippen LogP contribution is 2.37. The molecule has 5 rings (SSSR count). The topological polar surface area (TPSA) is 122 Å². The van der Waals surface area contributed by atoms with E-state index in [4.69, 9.17) is 10.5 Å². The maximum atomic E-state index is 14.3. The Bertz CT molecular complexity index is 1600. The molecule has 0 radical (unpaired) electrons. The second-order valence-electron chi connectivity index (χ2n) is 10.1. The van der Waals surface area contributed by atoms with Crippen LogP contribution in [0.3, 0.4) is 0 Å². The number of carbonyl (C=O) groups is 3. The van der Waals surface area contributed by atoms with E-state index >= 15 is 0 Å². The normalized spacial score (nSPS) is 15.7. The quantitative estimate of drug-likeness (QED) is 0.305. The predicted octanol–water partition coefficient (Wildman–Crippen LogP) is 2.69. The van der Waals surface area contributed by atoms with Crippen LogP contribution in [0.4, 0.5) is 17.1 Å². The van der Waals surface area contributed by atoms with Gasteiger partial charge in [-0.15, -0.1) is 0 Å². The number of nitrogen functional groups attached to an aromatic ring is 1. The molecule has 210 valence electrons. The molecule has 4 aromatic rings. The van der Waals surface area contributed by atoms with Crippen molar-refractivity contribution in [3.63, 3.8) is 0 Å². The molecule has 0 aliphatic carbocycles. The Kier molecular flexibility index (Phi) is 7.89. The lowest BCUT2D eigenvalue weighted by molar-refractivity contribution is -0.646. The zero-order chi connectivity index (χ0) is 29.1. The highest BCUT2D eigenvalue weighted by atomic mass is 16.5. The summed E-state index contributed by atoms with van der Waals surface area (Å²) in [6, 6.07) is 24.3. The van der Waals surface area contributed by atoms with Gasteiger partial charge < -0.3 is 30.9 Å². The molecule has 3 amide bonds. The van der Waals surface area contributed by atoms with Crippen molar-refractivity contribution < 1.29 is 24.4 Å². The number of ether oxygens (including phenoxy) is 1. The number of rotatable bonds is 7. The zero-order valence-corrected chi connectivity index (χ0v) is 23.3. The third-order valence-corrected chi connectivity index (χ3v) is 7.56. The second kappa shape index (κ2) is 11.7. The van der Waals surface area contributed by atoms with Crippen LogP contribution in [0.1, 0.15) is 22.8 Å². The van der Waals surface area contributed by atoms with Gasteiger partial charge in [0.05, 0.1) is 38.6 Å². The number of nitrogens with two attached hydrogens (primary N) is 2. The molecule has 0 saturated carbocycles. The first-order chi connectivity index (χ1) is 19.8. The number of nitrogens with one attached hydrogen (secondary N) is 1. The molecule has 4 aromatic carbocycles. The summed E-state index contributed by atoms with van der Waals surface area (Å²) in [5.74, 6) is -0.275. The van der Waals surface area contributed by atoms with Crippen molar-refractivity contribution in [1.29, 1.82) is 0 Å². The van der Waals surface area contributed by atoms with Crippen LogP contribution < -0.4 is 30.9 Å². The number of methoxy groups -OCH3 is 1. The summed E-state index contributed by atoms with van der Waals surface area (Å²) < 4.78 is 5.73. The highest BCUT2D eigenvalue weighted by molar-refractivity contribution is 6.13. The fourth-order valence-corrected chi connectivity index (χ4v) is 5.11. The van der Waals surface area contributed by atoms with Gasteiger partial charge in [-0.05, 0) is 60.2 Å². The molecule has 0 bridgehead atoms. The number of fused-ring (bicyclic) bond motifs is 2. The Hall–Kier alpha value is -4.89. The number of para-hydroxylation sites is 2. The molecular weight excluding hydrogens is 518 g/mol. The van der Waals surface area contributed by atoms with Gasteiger partial charge in [-0.1, -0.05) is 42.5 Å². The minimum Gasteiger partial charge on any atom is -0.496 e. The van der Waals surface area contributed by atoms with Crippen LogP contribution in [-0.2, 0) is 16.1 Å². The van der Waals surface area contributed by atoms with Crippen LogP contribution in [0.2, 0.25) is 0 Å². The van der Waals surface area contributed by atoms with Crippen LogP contribution in [0, 0.1) is 0 Å². The average molecular weight is 553 g/mol. The van der Waals surface area contributed by atoms with Crippen molar-refractivity contribution in [3.05, 3.63) is 96.1 Å². The van der Waals surface area contributed by atoms with E-state index in [2.05, 4.69) is 5.32 Å². The van der Waals surface area contributed by atoms with Crippen LogP contribution in [0.25, 0.3) is 10.8 Å². The number of hydrogen-bond donors (Lipinski definition) is 3. The standard InChI is InChI=1S/C32H33N5O4/c1-20(34-2)30(38)35-26-19-37(31(39)22-12-15-23(33)16-13-22)28-11-7-6-10-27(28)36(32(26)40)18-25-24-9-5-4-8-21(24)14-17-29(25)41-3/h4-17,20,26,34H,18-19,33H2,1-3H3,(H,35,38)/p+1/t20-,26-/m0/s1. The molecule has 9 nitrogen and oxygen atoms in total. The third kappa shape index (κ3) is 5.44. The Morgan fingerprint density at radius 3 is 2.39 bits per heavy atom. The summed E-state index contributed by atoms with van der Waals surface area (Å²) in [5.41, 5.74) is 8.77. The lowest BCUT2D eigenvalue weighted by Gasteiger charge is -2.27. The maximum absolute atomic E-state index is 14.3. The molecule has 0 aromatic heterocycles. The van der Waals surface area contributed by atoms with Crippen molar-refractivity contribution in [1.82, 2.24) is 5.32 Å². The fourth-order valence-electron chi connectivity index (χ4n) is 5.11. The monoisotopic (exact) mass is 552 g/mol. The average Bonchev–Trinajstić information content (AvgIpc) is 3.11. The van der Waals surface area contributed by atoms with E-state index in [1.165, 1.54) is 0 Å². The molecule has 0 fully saturated rings. The third-order valence-electron chi connectivity index (χ3n) is 7.56. The van der Waals surface area contributed by atoms with Crippen molar-refractivity contribution in [2.45, 2.75) is 25.6 Å². The number of hydrogen-bond acceptors (Lipinski definition) is 5. The molecule has 2 atom stereocenters. The second-order valence-corrected chi connectivity index (χ2v) is 10.1. The molecule has 0 saturated heterocycles. The summed E-state index contributed by atoms with van der Waals surface area (Å²) in [6.07, 6.45) is 0. The fraction of sp³-hybridized carbons (Fsp3) is 0.219. The Morgan fingerprint density at radius 1 is 1.00 bits per heavy atom. The summed E-state index contributed by atoms with van der Waals surface area (Å²) in [7, 11) is 3.40. The highest BCUT2D eigenvalue weighted by Gasteiger charge is 2.38. The van der Waals surface area contributed by atoms with Gasteiger partial charge in [0.15, 0.2) is 6.04 Å². The molecule has 1 aliphatic heterocycles. The number of likely N-dealkylation sites (N-methyl/N-ethyl adjacent to an activating group) is 1. The number of nitrogens with zero attached hydrogens (tertiary/aromatic N) is 2.